The average Bonchev–Trinajstić information content (AvgIpc) is 3.21. The monoisotopic (exact) mass is 403 g/mol. The Morgan fingerprint density at radius 3 is 2.68 bits per heavy atom. The lowest BCUT2D eigenvalue weighted by Crippen LogP contribution is -2.21. The summed E-state index contributed by atoms with van der Waals surface area (Å²) < 4.78 is 2.45. The highest BCUT2D eigenvalue weighted by Gasteiger charge is 2.12. The molecule has 0 atom stereocenters. The van der Waals surface area contributed by atoms with Crippen molar-refractivity contribution in [2.75, 3.05) is 0 Å². The van der Waals surface area contributed by atoms with Gasteiger partial charge in [-0.1, -0.05) is 54.2 Å². The predicted molar refractivity (Wildman–Crippen MR) is 116 cm³/mol. The van der Waals surface area contributed by atoms with Crippen LogP contribution in [0.3, 0.4) is 0 Å². The molecule has 0 aliphatic heterocycles. The van der Waals surface area contributed by atoms with Gasteiger partial charge in [-0.2, -0.15) is 5.26 Å². The van der Waals surface area contributed by atoms with Crippen molar-refractivity contribution in [2.45, 2.75) is 24.4 Å². The van der Waals surface area contributed by atoms with Crippen LogP contribution >= 0.6 is 23.1 Å². The Labute approximate surface area is 171 Å². The molecule has 0 N–H and O–H groups in total. The van der Waals surface area contributed by atoms with Gasteiger partial charge >= 0.3 is 0 Å². The van der Waals surface area contributed by atoms with Crippen molar-refractivity contribution in [2.24, 2.45) is 0 Å². The number of hydrogen-bond donors (Lipinski definition) is 0. The lowest BCUT2D eigenvalue weighted by atomic mass is 10.00. The van der Waals surface area contributed by atoms with E-state index >= 15 is 0 Å². The lowest BCUT2D eigenvalue weighted by molar-refractivity contribution is 0.635. The molecule has 0 bridgehead atoms. The quantitative estimate of drug-likeness (QED) is 0.335. The predicted octanol–water partition coefficient (Wildman–Crippen LogP) is 5.31. The molecule has 2 heterocycles. The molecular formula is C22H17N3OS2. The summed E-state index contributed by atoms with van der Waals surface area (Å²) in [4.78, 5) is 17.3. The molecule has 138 valence electrons. The Hall–Kier alpha value is -2.88. The van der Waals surface area contributed by atoms with E-state index in [4.69, 9.17) is 0 Å². The van der Waals surface area contributed by atoms with E-state index in [0.29, 0.717) is 16.8 Å². The van der Waals surface area contributed by atoms with E-state index in [1.165, 1.54) is 11.3 Å². The maximum Gasteiger partial charge on any atom is 0.272 e. The zero-order valence-electron chi connectivity index (χ0n) is 15.3. The van der Waals surface area contributed by atoms with E-state index in [2.05, 4.69) is 23.2 Å². The maximum atomic E-state index is 12.6. The van der Waals surface area contributed by atoms with Gasteiger partial charge in [-0.3, -0.25) is 9.36 Å². The minimum absolute atomic E-state index is 0.0356. The number of rotatable bonds is 5. The van der Waals surface area contributed by atoms with Gasteiger partial charge in [-0.15, -0.1) is 11.3 Å². The number of thiophene rings is 1. The molecule has 0 aliphatic rings. The largest absolute Gasteiger partial charge is 0.287 e. The molecule has 2 aromatic carbocycles. The van der Waals surface area contributed by atoms with E-state index in [1.807, 2.05) is 54.8 Å². The maximum absolute atomic E-state index is 12.6. The molecule has 6 heteroatoms. The average molecular weight is 404 g/mol. The van der Waals surface area contributed by atoms with Crippen LogP contribution in [0.1, 0.15) is 18.1 Å². The van der Waals surface area contributed by atoms with Crippen LogP contribution in [0, 0.1) is 11.3 Å². The Bertz CT molecular complexity index is 1230. The van der Waals surface area contributed by atoms with Gasteiger partial charge in [0.2, 0.25) is 0 Å². The molecule has 0 amide bonds. The molecule has 0 radical (unpaired) electrons. The van der Waals surface area contributed by atoms with Crippen molar-refractivity contribution in [3.05, 3.63) is 81.5 Å². The zero-order chi connectivity index (χ0) is 19.5. The Morgan fingerprint density at radius 2 is 1.93 bits per heavy atom. The Kier molecular flexibility index (Phi) is 5.29. The summed E-state index contributed by atoms with van der Waals surface area (Å²) in [5.41, 5.74) is 4.58. The van der Waals surface area contributed by atoms with E-state index < -0.39 is 0 Å². The second-order valence-corrected chi connectivity index (χ2v) is 8.08. The van der Waals surface area contributed by atoms with E-state index in [-0.39, 0.29) is 5.56 Å². The van der Waals surface area contributed by atoms with Crippen molar-refractivity contribution < 1.29 is 0 Å². The van der Waals surface area contributed by atoms with Gasteiger partial charge < -0.3 is 0 Å². The molecule has 4 aromatic rings. The molecule has 2 aromatic heterocycles. The summed E-state index contributed by atoms with van der Waals surface area (Å²) in [7, 11) is 0. The first-order valence-electron chi connectivity index (χ1n) is 8.90. The molecule has 0 saturated carbocycles. The zero-order valence-corrected chi connectivity index (χ0v) is 16.9. The van der Waals surface area contributed by atoms with Gasteiger partial charge in [-0.25, -0.2) is 4.98 Å². The number of fused-ring (bicyclic) bond motifs is 1. The van der Waals surface area contributed by atoms with Crippen molar-refractivity contribution in [3.63, 3.8) is 0 Å². The fourth-order valence-corrected chi connectivity index (χ4v) is 4.87. The second kappa shape index (κ2) is 8.01. The third-order valence-corrected chi connectivity index (χ3v) is 6.47. The van der Waals surface area contributed by atoms with Gasteiger partial charge in [0.1, 0.15) is 4.70 Å². The summed E-state index contributed by atoms with van der Waals surface area (Å²) in [5, 5.41) is 11.9. The van der Waals surface area contributed by atoms with Crippen molar-refractivity contribution in [3.8, 4) is 17.2 Å². The van der Waals surface area contributed by atoms with Gasteiger partial charge in [0.05, 0.1) is 17.1 Å². The summed E-state index contributed by atoms with van der Waals surface area (Å²) in [6, 6.07) is 19.9. The third-order valence-electron chi connectivity index (χ3n) is 4.53. The van der Waals surface area contributed by atoms with Crippen LogP contribution in [-0.2, 0) is 12.3 Å². The van der Waals surface area contributed by atoms with Crippen molar-refractivity contribution in [1.29, 1.82) is 5.26 Å². The molecule has 0 fully saturated rings. The van der Waals surface area contributed by atoms with Crippen LogP contribution in [0.2, 0.25) is 0 Å². The number of hydrogen-bond acceptors (Lipinski definition) is 5. The standard InChI is InChI=1S/C22H17N3OS2/c1-2-25-21(26)20-19(11-12-27-20)24-22(25)28-14-15-7-9-16(10-8-15)18-6-4-3-5-17(18)13-23/h3-12H,2,14H2,1H3. The van der Waals surface area contributed by atoms with E-state index in [0.717, 1.165) is 33.1 Å². The van der Waals surface area contributed by atoms with Crippen molar-refractivity contribution >= 4 is 33.3 Å². The number of nitrogens with zero attached hydrogens (tertiary/aromatic N) is 3. The summed E-state index contributed by atoms with van der Waals surface area (Å²) in [5.74, 6) is 0.724. The topological polar surface area (TPSA) is 58.7 Å². The minimum Gasteiger partial charge on any atom is -0.287 e. The number of thioether (sulfide) groups is 1. The van der Waals surface area contributed by atoms with Crippen LogP contribution < -0.4 is 5.56 Å². The molecule has 28 heavy (non-hydrogen) atoms. The summed E-state index contributed by atoms with van der Waals surface area (Å²) in [6.45, 7) is 2.57. The number of aromatic nitrogens is 2. The smallest absolute Gasteiger partial charge is 0.272 e. The van der Waals surface area contributed by atoms with E-state index in [9.17, 15) is 10.1 Å². The fraction of sp³-hybridized carbons (Fsp3) is 0.136. The molecule has 4 nitrogen and oxygen atoms in total. The van der Waals surface area contributed by atoms with Crippen LogP contribution in [0.25, 0.3) is 21.3 Å². The first-order valence-corrected chi connectivity index (χ1v) is 10.8. The first-order chi connectivity index (χ1) is 13.7. The molecule has 0 spiro atoms. The highest BCUT2D eigenvalue weighted by molar-refractivity contribution is 7.98. The fourth-order valence-electron chi connectivity index (χ4n) is 3.07. The Morgan fingerprint density at radius 1 is 1.14 bits per heavy atom. The second-order valence-electron chi connectivity index (χ2n) is 6.22. The van der Waals surface area contributed by atoms with Crippen LogP contribution in [-0.4, -0.2) is 9.55 Å². The van der Waals surface area contributed by atoms with E-state index in [1.54, 1.807) is 16.3 Å². The van der Waals surface area contributed by atoms with Crippen LogP contribution in [0.4, 0.5) is 0 Å². The Balaban J connectivity index is 1.57. The van der Waals surface area contributed by atoms with Crippen molar-refractivity contribution in [1.82, 2.24) is 9.55 Å². The van der Waals surface area contributed by atoms with Crippen LogP contribution in [0.15, 0.2) is 69.9 Å². The molecule has 0 aliphatic carbocycles. The lowest BCUT2D eigenvalue weighted by Gasteiger charge is -2.10. The molecular weight excluding hydrogens is 386 g/mol. The molecule has 4 rings (SSSR count). The van der Waals surface area contributed by atoms with Gasteiger partial charge in [0.25, 0.3) is 5.56 Å². The SMILES string of the molecule is CCn1c(SCc2ccc(-c3ccccc3C#N)cc2)nc2ccsc2c1=O. The summed E-state index contributed by atoms with van der Waals surface area (Å²) in [6.07, 6.45) is 0. The third kappa shape index (κ3) is 3.47. The normalized spacial score (nSPS) is 10.9. The number of benzene rings is 2. The molecule has 0 saturated heterocycles. The highest BCUT2D eigenvalue weighted by atomic mass is 32.2. The highest BCUT2D eigenvalue weighted by Crippen LogP contribution is 2.27. The molecule has 0 unspecified atom stereocenters. The number of nitriles is 1. The van der Waals surface area contributed by atoms with Gasteiger partial charge in [0, 0.05) is 12.3 Å². The van der Waals surface area contributed by atoms with Crippen LogP contribution in [0.5, 0.6) is 0 Å². The first kappa shape index (κ1) is 18.5. The van der Waals surface area contributed by atoms with Gasteiger partial charge in [-0.05, 0) is 41.1 Å². The van der Waals surface area contributed by atoms with Gasteiger partial charge in [0.15, 0.2) is 5.16 Å². The minimum atomic E-state index is 0.0356. The summed E-state index contributed by atoms with van der Waals surface area (Å²) >= 11 is 3.01.